The van der Waals surface area contributed by atoms with Crippen molar-refractivity contribution in [1.82, 2.24) is 14.4 Å². The lowest BCUT2D eigenvalue weighted by Crippen LogP contribution is -2.48. The molecule has 0 spiro atoms. The molecule has 1 N–H and O–H groups in total. The Morgan fingerprint density at radius 1 is 1.19 bits per heavy atom. The van der Waals surface area contributed by atoms with Crippen LogP contribution in [0.2, 0.25) is 0 Å². The van der Waals surface area contributed by atoms with Crippen LogP contribution in [0.5, 0.6) is 0 Å². The minimum Gasteiger partial charge on any atom is -0.395 e. The Bertz CT molecular complexity index is 488. The van der Waals surface area contributed by atoms with Crippen LogP contribution in [0.3, 0.4) is 0 Å². The van der Waals surface area contributed by atoms with Crippen LogP contribution in [0.1, 0.15) is 28.7 Å². The molecule has 1 saturated heterocycles. The summed E-state index contributed by atoms with van der Waals surface area (Å²) in [5, 5.41) is 8.95. The molecule has 0 amide bonds. The average Bonchev–Trinajstić information content (AvgIpc) is 2.76. The lowest BCUT2D eigenvalue weighted by molar-refractivity contribution is 0.0822. The first-order valence-corrected chi connectivity index (χ1v) is 7.82. The fourth-order valence-electron chi connectivity index (χ4n) is 3.17. The van der Waals surface area contributed by atoms with Crippen molar-refractivity contribution in [2.24, 2.45) is 0 Å². The highest BCUT2D eigenvalue weighted by Gasteiger charge is 2.21. The summed E-state index contributed by atoms with van der Waals surface area (Å²) < 4.78 is 2.19. The van der Waals surface area contributed by atoms with Gasteiger partial charge in [-0.2, -0.15) is 0 Å². The zero-order valence-electron chi connectivity index (χ0n) is 13.4. The van der Waals surface area contributed by atoms with E-state index in [-0.39, 0.29) is 12.4 Å². The van der Waals surface area contributed by atoms with Gasteiger partial charge in [-0.05, 0) is 26.8 Å². The summed E-state index contributed by atoms with van der Waals surface area (Å²) in [4.78, 5) is 17.0. The van der Waals surface area contributed by atoms with E-state index in [4.69, 9.17) is 5.11 Å². The van der Waals surface area contributed by atoms with Gasteiger partial charge in [0.15, 0.2) is 5.78 Å². The van der Waals surface area contributed by atoms with E-state index < -0.39 is 0 Å². The van der Waals surface area contributed by atoms with E-state index in [1.165, 1.54) is 0 Å². The molecule has 1 aliphatic heterocycles. The fraction of sp³-hybridized carbons (Fsp3) is 0.688. The lowest BCUT2D eigenvalue weighted by atomic mass is 10.1. The fourth-order valence-corrected chi connectivity index (χ4v) is 3.17. The summed E-state index contributed by atoms with van der Waals surface area (Å²) in [6, 6.07) is 2.02. The molecule has 0 atom stereocenters. The summed E-state index contributed by atoms with van der Waals surface area (Å²) in [7, 11) is 0. The average molecular weight is 293 g/mol. The Labute approximate surface area is 127 Å². The van der Waals surface area contributed by atoms with Gasteiger partial charge in [-0.3, -0.25) is 14.6 Å². The van der Waals surface area contributed by atoms with E-state index in [0.717, 1.165) is 56.2 Å². The molecule has 0 aliphatic carbocycles. The van der Waals surface area contributed by atoms with Gasteiger partial charge >= 0.3 is 0 Å². The van der Waals surface area contributed by atoms with Crippen molar-refractivity contribution in [1.29, 1.82) is 0 Å². The maximum Gasteiger partial charge on any atom is 0.178 e. The third-order valence-electron chi connectivity index (χ3n) is 4.44. The number of Topliss-reactive ketones (excluding diaryl/α,β-unsaturated/α-hetero) is 1. The summed E-state index contributed by atoms with van der Waals surface area (Å²) in [5.74, 6) is 0.221. The van der Waals surface area contributed by atoms with Crippen LogP contribution in [-0.4, -0.2) is 71.1 Å². The number of β-amino-alcohol motifs (C(OH)–C–C–N with tert-alkyl or cyclic N) is 1. The normalized spacial score (nSPS) is 17.3. The number of piperazine rings is 1. The van der Waals surface area contributed by atoms with Crippen molar-refractivity contribution in [2.75, 3.05) is 45.9 Å². The van der Waals surface area contributed by atoms with Crippen LogP contribution in [0.25, 0.3) is 0 Å². The van der Waals surface area contributed by atoms with Crippen molar-refractivity contribution in [3.63, 3.8) is 0 Å². The van der Waals surface area contributed by atoms with Gasteiger partial charge in [-0.1, -0.05) is 0 Å². The number of nitrogens with zero attached hydrogens (tertiary/aromatic N) is 3. The standard InChI is InChI=1S/C16H27N3O2/c1-4-19-13(2)11-15(14(19)3)16(21)12-18-7-5-17(6-8-18)9-10-20/h11,20H,4-10,12H2,1-3H3. The van der Waals surface area contributed by atoms with Crippen LogP contribution in [0.4, 0.5) is 0 Å². The number of carbonyl (C=O) groups excluding carboxylic acids is 1. The van der Waals surface area contributed by atoms with Crippen LogP contribution in [-0.2, 0) is 6.54 Å². The van der Waals surface area contributed by atoms with Gasteiger partial charge < -0.3 is 9.67 Å². The molecule has 1 fully saturated rings. The zero-order chi connectivity index (χ0) is 15.4. The van der Waals surface area contributed by atoms with Crippen molar-refractivity contribution in [3.8, 4) is 0 Å². The van der Waals surface area contributed by atoms with Gasteiger partial charge in [0.2, 0.25) is 0 Å². The summed E-state index contributed by atoms with van der Waals surface area (Å²) >= 11 is 0. The van der Waals surface area contributed by atoms with E-state index in [2.05, 4.69) is 28.2 Å². The minimum atomic E-state index is 0.210. The monoisotopic (exact) mass is 293 g/mol. The highest BCUT2D eigenvalue weighted by Crippen LogP contribution is 2.16. The van der Waals surface area contributed by atoms with Crippen LogP contribution in [0.15, 0.2) is 6.07 Å². The Hall–Kier alpha value is -1.17. The zero-order valence-corrected chi connectivity index (χ0v) is 13.4. The van der Waals surface area contributed by atoms with Gasteiger partial charge in [0, 0.05) is 56.2 Å². The third-order valence-corrected chi connectivity index (χ3v) is 4.44. The third kappa shape index (κ3) is 3.73. The molecular formula is C16H27N3O2. The number of ketones is 1. The van der Waals surface area contributed by atoms with E-state index in [0.29, 0.717) is 6.54 Å². The van der Waals surface area contributed by atoms with Gasteiger partial charge in [0.05, 0.1) is 13.2 Å². The van der Waals surface area contributed by atoms with Crippen molar-refractivity contribution < 1.29 is 9.90 Å². The second-order valence-corrected chi connectivity index (χ2v) is 5.79. The van der Waals surface area contributed by atoms with E-state index in [1.807, 2.05) is 13.0 Å². The molecule has 0 radical (unpaired) electrons. The van der Waals surface area contributed by atoms with Gasteiger partial charge in [0.25, 0.3) is 0 Å². The lowest BCUT2D eigenvalue weighted by Gasteiger charge is -2.33. The largest absolute Gasteiger partial charge is 0.395 e. The second kappa shape index (κ2) is 7.20. The Morgan fingerprint density at radius 2 is 1.81 bits per heavy atom. The van der Waals surface area contributed by atoms with Crippen LogP contribution >= 0.6 is 0 Å². The predicted molar refractivity (Wildman–Crippen MR) is 83.9 cm³/mol. The highest BCUT2D eigenvalue weighted by atomic mass is 16.3. The highest BCUT2D eigenvalue weighted by molar-refractivity contribution is 5.99. The molecule has 2 heterocycles. The Morgan fingerprint density at radius 3 is 2.33 bits per heavy atom. The number of aliphatic hydroxyl groups excluding tert-OH is 1. The number of aryl methyl sites for hydroxylation is 1. The molecule has 1 aliphatic rings. The van der Waals surface area contributed by atoms with Crippen LogP contribution < -0.4 is 0 Å². The topological polar surface area (TPSA) is 48.7 Å². The first kappa shape index (κ1) is 16.2. The summed E-state index contributed by atoms with van der Waals surface area (Å²) in [5.41, 5.74) is 3.11. The summed E-state index contributed by atoms with van der Waals surface area (Å²) in [6.07, 6.45) is 0. The Kier molecular flexibility index (Phi) is 5.56. The van der Waals surface area contributed by atoms with Gasteiger partial charge in [0.1, 0.15) is 0 Å². The Balaban J connectivity index is 1.94. The molecule has 2 rings (SSSR count). The van der Waals surface area contributed by atoms with E-state index in [9.17, 15) is 4.79 Å². The molecule has 5 nitrogen and oxygen atoms in total. The molecule has 0 bridgehead atoms. The number of aromatic nitrogens is 1. The second-order valence-electron chi connectivity index (χ2n) is 5.79. The summed E-state index contributed by atoms with van der Waals surface area (Å²) in [6.45, 7) is 12.2. The number of aliphatic hydroxyl groups is 1. The van der Waals surface area contributed by atoms with Gasteiger partial charge in [-0.15, -0.1) is 0 Å². The van der Waals surface area contributed by atoms with Crippen LogP contribution in [0, 0.1) is 13.8 Å². The SMILES string of the molecule is CCn1c(C)cc(C(=O)CN2CCN(CCO)CC2)c1C. The smallest absolute Gasteiger partial charge is 0.178 e. The molecule has 21 heavy (non-hydrogen) atoms. The van der Waals surface area contributed by atoms with Gasteiger partial charge in [-0.25, -0.2) is 0 Å². The van der Waals surface area contributed by atoms with E-state index in [1.54, 1.807) is 0 Å². The molecule has 1 aromatic rings. The van der Waals surface area contributed by atoms with Crippen molar-refractivity contribution in [3.05, 3.63) is 23.0 Å². The molecular weight excluding hydrogens is 266 g/mol. The molecule has 0 saturated carbocycles. The molecule has 5 heteroatoms. The first-order valence-electron chi connectivity index (χ1n) is 7.82. The molecule has 118 valence electrons. The van der Waals surface area contributed by atoms with Crippen molar-refractivity contribution in [2.45, 2.75) is 27.3 Å². The maximum atomic E-state index is 12.5. The minimum absolute atomic E-state index is 0.210. The molecule has 0 aromatic carbocycles. The molecule has 0 unspecified atom stereocenters. The quantitative estimate of drug-likeness (QED) is 0.792. The number of hydrogen-bond acceptors (Lipinski definition) is 4. The molecule has 1 aromatic heterocycles. The first-order chi connectivity index (χ1) is 10.1. The predicted octanol–water partition coefficient (Wildman–Crippen LogP) is 0.917. The maximum absolute atomic E-state index is 12.5. The number of carbonyl (C=O) groups is 1. The van der Waals surface area contributed by atoms with E-state index >= 15 is 0 Å². The number of rotatable bonds is 6. The number of hydrogen-bond donors (Lipinski definition) is 1. The van der Waals surface area contributed by atoms with Crippen molar-refractivity contribution >= 4 is 5.78 Å².